The number of ether oxygens (including phenoxy) is 1. The molecule has 24 heavy (non-hydrogen) atoms. The Balaban J connectivity index is 1.40. The van der Waals surface area contributed by atoms with Crippen LogP contribution >= 0.6 is 0 Å². The van der Waals surface area contributed by atoms with E-state index in [0.29, 0.717) is 26.1 Å². The second-order valence-electron chi connectivity index (χ2n) is 6.85. The molecule has 4 rings (SSSR count). The van der Waals surface area contributed by atoms with E-state index in [1.165, 1.54) is 0 Å². The molecule has 0 radical (unpaired) electrons. The van der Waals surface area contributed by atoms with E-state index in [-0.39, 0.29) is 29.9 Å². The van der Waals surface area contributed by atoms with E-state index in [9.17, 15) is 9.59 Å². The number of imidazole rings is 1. The third kappa shape index (κ3) is 2.51. The molecule has 0 aliphatic carbocycles. The molecule has 4 heterocycles. The average Bonchev–Trinajstić information content (AvgIpc) is 3.24. The van der Waals surface area contributed by atoms with Crippen molar-refractivity contribution in [2.45, 2.75) is 44.9 Å². The van der Waals surface area contributed by atoms with Crippen molar-refractivity contribution in [1.29, 1.82) is 0 Å². The highest BCUT2D eigenvalue weighted by molar-refractivity contribution is 5.82. The van der Waals surface area contributed by atoms with Gasteiger partial charge in [0.15, 0.2) is 0 Å². The van der Waals surface area contributed by atoms with Crippen molar-refractivity contribution in [3.8, 4) is 0 Å². The summed E-state index contributed by atoms with van der Waals surface area (Å²) < 4.78 is 7.88. The molecule has 0 aromatic carbocycles. The van der Waals surface area contributed by atoms with Gasteiger partial charge in [-0.3, -0.25) is 9.59 Å². The molecule has 0 bridgehead atoms. The molecule has 3 aliphatic heterocycles. The standard InChI is InChI=1S/C17H24N4O3/c1-2-19-8-6-18-16(19)15-13(5-9-24-15)17(23)20-10-12(11-20)21-7-3-4-14(21)22/h6,8,12-13,15H,2-5,7,9-11H2,1H3/t13-,15-/m1/s1. The molecule has 7 nitrogen and oxygen atoms in total. The minimum absolute atomic E-state index is 0.144. The molecule has 3 fully saturated rings. The third-order valence-electron chi connectivity index (χ3n) is 5.48. The summed E-state index contributed by atoms with van der Waals surface area (Å²) in [6.07, 6.45) is 5.78. The SMILES string of the molecule is CCn1ccnc1[C@@H]1OCC[C@H]1C(=O)N1CC(N2CCCC2=O)C1. The smallest absolute Gasteiger partial charge is 0.229 e. The van der Waals surface area contributed by atoms with Gasteiger partial charge >= 0.3 is 0 Å². The largest absolute Gasteiger partial charge is 0.369 e. The molecular formula is C17H24N4O3. The van der Waals surface area contributed by atoms with Crippen LogP contribution in [0, 0.1) is 5.92 Å². The third-order valence-corrected chi connectivity index (χ3v) is 5.48. The fraction of sp³-hybridized carbons (Fsp3) is 0.706. The van der Waals surface area contributed by atoms with E-state index in [4.69, 9.17) is 4.74 Å². The van der Waals surface area contributed by atoms with Gasteiger partial charge in [-0.15, -0.1) is 0 Å². The average molecular weight is 332 g/mol. The maximum atomic E-state index is 12.9. The summed E-state index contributed by atoms with van der Waals surface area (Å²) in [5.74, 6) is 1.07. The summed E-state index contributed by atoms with van der Waals surface area (Å²) >= 11 is 0. The van der Waals surface area contributed by atoms with E-state index in [1.807, 2.05) is 20.6 Å². The van der Waals surface area contributed by atoms with Gasteiger partial charge in [0, 0.05) is 51.6 Å². The summed E-state index contributed by atoms with van der Waals surface area (Å²) in [5.41, 5.74) is 0. The Morgan fingerprint density at radius 3 is 2.96 bits per heavy atom. The van der Waals surface area contributed by atoms with Crippen LogP contribution in [0.4, 0.5) is 0 Å². The van der Waals surface area contributed by atoms with Crippen LogP contribution in [-0.4, -0.2) is 63.4 Å². The molecule has 3 aliphatic rings. The Morgan fingerprint density at radius 1 is 1.42 bits per heavy atom. The second-order valence-corrected chi connectivity index (χ2v) is 6.85. The minimum Gasteiger partial charge on any atom is -0.369 e. The topological polar surface area (TPSA) is 67.7 Å². The van der Waals surface area contributed by atoms with E-state index in [1.54, 1.807) is 6.20 Å². The molecule has 7 heteroatoms. The lowest BCUT2D eigenvalue weighted by Crippen LogP contribution is -2.62. The van der Waals surface area contributed by atoms with Crippen LogP contribution in [0.25, 0.3) is 0 Å². The highest BCUT2D eigenvalue weighted by atomic mass is 16.5. The molecule has 1 aromatic heterocycles. The molecule has 0 spiro atoms. The Labute approximate surface area is 141 Å². The van der Waals surface area contributed by atoms with Crippen LogP contribution in [0.5, 0.6) is 0 Å². The van der Waals surface area contributed by atoms with E-state index in [2.05, 4.69) is 11.9 Å². The molecule has 2 atom stereocenters. The predicted molar refractivity (Wildman–Crippen MR) is 86.0 cm³/mol. The lowest BCUT2D eigenvalue weighted by Gasteiger charge is -2.45. The van der Waals surface area contributed by atoms with Crippen LogP contribution in [0.15, 0.2) is 12.4 Å². The first-order valence-electron chi connectivity index (χ1n) is 8.90. The highest BCUT2D eigenvalue weighted by Crippen LogP contribution is 2.36. The van der Waals surface area contributed by atoms with Crippen molar-refractivity contribution < 1.29 is 14.3 Å². The van der Waals surface area contributed by atoms with Crippen LogP contribution in [0.2, 0.25) is 0 Å². The van der Waals surface area contributed by atoms with Gasteiger partial charge < -0.3 is 19.1 Å². The first-order valence-corrected chi connectivity index (χ1v) is 8.90. The van der Waals surface area contributed by atoms with Crippen molar-refractivity contribution in [2.75, 3.05) is 26.2 Å². The van der Waals surface area contributed by atoms with Crippen molar-refractivity contribution >= 4 is 11.8 Å². The molecule has 0 saturated carbocycles. The number of amides is 2. The van der Waals surface area contributed by atoms with Gasteiger partial charge in [-0.2, -0.15) is 0 Å². The zero-order valence-corrected chi connectivity index (χ0v) is 14.1. The minimum atomic E-state index is -0.250. The van der Waals surface area contributed by atoms with Crippen molar-refractivity contribution in [1.82, 2.24) is 19.4 Å². The van der Waals surface area contributed by atoms with E-state index >= 15 is 0 Å². The van der Waals surface area contributed by atoms with Crippen molar-refractivity contribution in [3.05, 3.63) is 18.2 Å². The van der Waals surface area contributed by atoms with Gasteiger partial charge in [0.2, 0.25) is 11.8 Å². The van der Waals surface area contributed by atoms with Crippen LogP contribution in [0.3, 0.4) is 0 Å². The lowest BCUT2D eigenvalue weighted by atomic mass is 9.96. The van der Waals surface area contributed by atoms with Gasteiger partial charge in [0.1, 0.15) is 11.9 Å². The van der Waals surface area contributed by atoms with E-state index in [0.717, 1.165) is 31.8 Å². The molecular weight excluding hydrogens is 308 g/mol. The van der Waals surface area contributed by atoms with Crippen LogP contribution in [0.1, 0.15) is 38.1 Å². The number of aromatic nitrogens is 2. The highest BCUT2D eigenvalue weighted by Gasteiger charge is 2.45. The number of rotatable bonds is 4. The summed E-state index contributed by atoms with van der Waals surface area (Å²) in [6, 6.07) is 0.211. The summed E-state index contributed by atoms with van der Waals surface area (Å²) in [5, 5.41) is 0. The zero-order chi connectivity index (χ0) is 16.7. The summed E-state index contributed by atoms with van der Waals surface area (Å²) in [7, 11) is 0. The summed E-state index contributed by atoms with van der Waals surface area (Å²) in [4.78, 5) is 32.9. The van der Waals surface area contributed by atoms with Gasteiger partial charge in [0.25, 0.3) is 0 Å². The first-order chi connectivity index (χ1) is 11.7. The zero-order valence-electron chi connectivity index (χ0n) is 14.1. The molecule has 1 aromatic rings. The van der Waals surface area contributed by atoms with Crippen LogP contribution in [-0.2, 0) is 20.9 Å². The number of nitrogens with zero attached hydrogens (tertiary/aromatic N) is 4. The number of aryl methyl sites for hydroxylation is 1. The summed E-state index contributed by atoms with van der Waals surface area (Å²) in [6.45, 7) is 5.64. The van der Waals surface area contributed by atoms with Gasteiger partial charge in [-0.25, -0.2) is 4.98 Å². The van der Waals surface area contributed by atoms with Crippen molar-refractivity contribution in [3.63, 3.8) is 0 Å². The second kappa shape index (κ2) is 6.20. The number of hydrogen-bond acceptors (Lipinski definition) is 4. The number of hydrogen-bond donors (Lipinski definition) is 0. The number of carbonyl (C=O) groups is 2. The molecule has 0 unspecified atom stereocenters. The molecule has 2 amide bonds. The molecule has 0 N–H and O–H groups in total. The maximum absolute atomic E-state index is 12.9. The van der Waals surface area contributed by atoms with Gasteiger partial charge in [-0.1, -0.05) is 0 Å². The normalized spacial score (nSPS) is 27.8. The fourth-order valence-corrected chi connectivity index (χ4v) is 4.06. The number of likely N-dealkylation sites (tertiary alicyclic amines) is 2. The predicted octanol–water partition coefficient (Wildman–Crippen LogP) is 0.814. The Bertz CT molecular complexity index is 638. The molecule has 3 saturated heterocycles. The maximum Gasteiger partial charge on any atom is 0.229 e. The monoisotopic (exact) mass is 332 g/mol. The lowest BCUT2D eigenvalue weighted by molar-refractivity contribution is -0.149. The Kier molecular flexibility index (Phi) is 4.04. The van der Waals surface area contributed by atoms with E-state index < -0.39 is 0 Å². The van der Waals surface area contributed by atoms with Crippen LogP contribution < -0.4 is 0 Å². The van der Waals surface area contributed by atoms with Gasteiger partial charge in [0.05, 0.1) is 12.0 Å². The fourth-order valence-electron chi connectivity index (χ4n) is 4.06. The quantitative estimate of drug-likeness (QED) is 0.818. The Morgan fingerprint density at radius 2 is 2.25 bits per heavy atom. The first kappa shape index (κ1) is 15.6. The van der Waals surface area contributed by atoms with Gasteiger partial charge in [-0.05, 0) is 19.8 Å². The number of carbonyl (C=O) groups excluding carboxylic acids is 2. The molecule has 130 valence electrons. The Hall–Kier alpha value is -1.89. The van der Waals surface area contributed by atoms with Crippen molar-refractivity contribution in [2.24, 2.45) is 5.92 Å².